The van der Waals surface area contributed by atoms with E-state index in [1.165, 1.54) is 17.0 Å². The highest BCUT2D eigenvalue weighted by Crippen LogP contribution is 2.29. The molecule has 0 radical (unpaired) electrons. The lowest BCUT2D eigenvalue weighted by Gasteiger charge is -2.17. The molecule has 1 N–H and O–H groups in total. The number of carbonyl (C=O) groups is 1. The Morgan fingerprint density at radius 3 is 2.32 bits per heavy atom. The van der Waals surface area contributed by atoms with Gasteiger partial charge in [-0.2, -0.15) is 13.2 Å². The number of rotatable bonds is 5. The van der Waals surface area contributed by atoms with Crippen LogP contribution >= 0.6 is 0 Å². The SMILES string of the molecule is CNCCC(=O)N(C)Cc1ccc(C(F)(F)F)cc1. The van der Waals surface area contributed by atoms with Crippen LogP contribution in [0.25, 0.3) is 0 Å². The number of hydrogen-bond acceptors (Lipinski definition) is 2. The molecule has 0 aromatic heterocycles. The maximum Gasteiger partial charge on any atom is 0.416 e. The van der Waals surface area contributed by atoms with Gasteiger partial charge in [0, 0.05) is 26.6 Å². The fourth-order valence-electron chi connectivity index (χ4n) is 1.58. The van der Waals surface area contributed by atoms with E-state index in [1.54, 1.807) is 14.1 Å². The van der Waals surface area contributed by atoms with Crippen LogP contribution in [0.1, 0.15) is 17.5 Å². The summed E-state index contributed by atoms with van der Waals surface area (Å²) in [4.78, 5) is 13.1. The van der Waals surface area contributed by atoms with Gasteiger partial charge in [0.1, 0.15) is 0 Å². The summed E-state index contributed by atoms with van der Waals surface area (Å²) < 4.78 is 37.1. The zero-order valence-corrected chi connectivity index (χ0v) is 10.9. The van der Waals surface area contributed by atoms with Gasteiger partial charge >= 0.3 is 6.18 Å². The van der Waals surface area contributed by atoms with Gasteiger partial charge in [0.2, 0.25) is 5.91 Å². The molecule has 0 saturated heterocycles. The quantitative estimate of drug-likeness (QED) is 0.893. The lowest BCUT2D eigenvalue weighted by Crippen LogP contribution is -2.28. The summed E-state index contributed by atoms with van der Waals surface area (Å²) in [7, 11) is 3.39. The number of nitrogens with one attached hydrogen (secondary N) is 1. The van der Waals surface area contributed by atoms with Gasteiger partial charge in [-0.25, -0.2) is 0 Å². The normalized spacial score (nSPS) is 11.4. The Hall–Kier alpha value is -1.56. The van der Waals surface area contributed by atoms with Crippen molar-refractivity contribution in [2.75, 3.05) is 20.6 Å². The van der Waals surface area contributed by atoms with Crippen LogP contribution in [0.4, 0.5) is 13.2 Å². The van der Waals surface area contributed by atoms with Gasteiger partial charge in [-0.1, -0.05) is 12.1 Å². The molecule has 19 heavy (non-hydrogen) atoms. The predicted molar refractivity (Wildman–Crippen MR) is 66.5 cm³/mol. The highest BCUT2D eigenvalue weighted by molar-refractivity contribution is 5.76. The molecule has 1 aromatic rings. The van der Waals surface area contributed by atoms with Crippen molar-refractivity contribution >= 4 is 5.91 Å². The molecular formula is C13H17F3N2O. The van der Waals surface area contributed by atoms with Crippen LogP contribution in [0.15, 0.2) is 24.3 Å². The largest absolute Gasteiger partial charge is 0.416 e. The monoisotopic (exact) mass is 274 g/mol. The minimum atomic E-state index is -4.33. The summed E-state index contributed by atoms with van der Waals surface area (Å²) in [6.45, 7) is 0.886. The van der Waals surface area contributed by atoms with Gasteiger partial charge in [0.25, 0.3) is 0 Å². The van der Waals surface area contributed by atoms with Gasteiger partial charge < -0.3 is 10.2 Å². The molecule has 0 atom stereocenters. The molecule has 3 nitrogen and oxygen atoms in total. The minimum absolute atomic E-state index is 0.0470. The first-order valence-electron chi connectivity index (χ1n) is 5.89. The van der Waals surface area contributed by atoms with Crippen LogP contribution in [0.3, 0.4) is 0 Å². The van der Waals surface area contributed by atoms with Gasteiger partial charge in [-0.3, -0.25) is 4.79 Å². The summed E-state index contributed by atoms with van der Waals surface area (Å²) >= 11 is 0. The standard InChI is InChI=1S/C13H17F3N2O/c1-17-8-7-12(19)18(2)9-10-3-5-11(6-4-10)13(14,15)16/h3-6,17H,7-9H2,1-2H3. The maximum atomic E-state index is 12.4. The Morgan fingerprint density at radius 2 is 1.84 bits per heavy atom. The van der Waals surface area contributed by atoms with Gasteiger partial charge in [0.05, 0.1) is 5.56 Å². The fraction of sp³-hybridized carbons (Fsp3) is 0.462. The van der Waals surface area contributed by atoms with Crippen molar-refractivity contribution < 1.29 is 18.0 Å². The maximum absolute atomic E-state index is 12.4. The first-order chi connectivity index (χ1) is 8.84. The molecule has 0 fully saturated rings. The van der Waals surface area contributed by atoms with E-state index in [0.29, 0.717) is 25.1 Å². The van der Waals surface area contributed by atoms with Gasteiger partial charge in [-0.05, 0) is 24.7 Å². The van der Waals surface area contributed by atoms with Crippen LogP contribution in [0.5, 0.6) is 0 Å². The molecule has 0 unspecified atom stereocenters. The third-order valence-corrected chi connectivity index (χ3v) is 2.72. The molecule has 0 aliphatic rings. The summed E-state index contributed by atoms with van der Waals surface area (Å²) in [5.74, 6) is -0.0470. The number of amides is 1. The van der Waals surface area contributed by atoms with Crippen molar-refractivity contribution in [3.05, 3.63) is 35.4 Å². The Balaban J connectivity index is 2.60. The van der Waals surface area contributed by atoms with E-state index in [-0.39, 0.29) is 5.91 Å². The third-order valence-electron chi connectivity index (χ3n) is 2.72. The van der Waals surface area contributed by atoms with Crippen molar-refractivity contribution in [2.45, 2.75) is 19.1 Å². The first-order valence-corrected chi connectivity index (χ1v) is 5.89. The van der Waals surface area contributed by atoms with Crippen molar-refractivity contribution in [1.82, 2.24) is 10.2 Å². The van der Waals surface area contributed by atoms with E-state index in [0.717, 1.165) is 12.1 Å². The molecule has 1 amide bonds. The first kappa shape index (κ1) is 15.5. The Morgan fingerprint density at radius 1 is 1.26 bits per heavy atom. The van der Waals surface area contributed by atoms with Crippen molar-refractivity contribution in [2.24, 2.45) is 0 Å². The molecule has 0 aliphatic carbocycles. The van der Waals surface area contributed by atoms with Crippen LogP contribution in [-0.2, 0) is 17.5 Å². The molecule has 0 saturated carbocycles. The van der Waals surface area contributed by atoms with E-state index in [2.05, 4.69) is 5.32 Å². The number of hydrogen-bond donors (Lipinski definition) is 1. The van der Waals surface area contributed by atoms with Crippen molar-refractivity contribution in [3.63, 3.8) is 0 Å². The second-order valence-corrected chi connectivity index (χ2v) is 4.30. The van der Waals surface area contributed by atoms with Crippen LogP contribution in [0, 0.1) is 0 Å². The number of carbonyl (C=O) groups excluding carboxylic acids is 1. The van der Waals surface area contributed by atoms with Crippen LogP contribution < -0.4 is 5.32 Å². The number of nitrogens with zero attached hydrogens (tertiary/aromatic N) is 1. The van der Waals surface area contributed by atoms with E-state index in [9.17, 15) is 18.0 Å². The van der Waals surface area contributed by atoms with Crippen molar-refractivity contribution in [1.29, 1.82) is 0 Å². The van der Waals surface area contributed by atoms with Gasteiger partial charge in [-0.15, -0.1) is 0 Å². The number of benzene rings is 1. The average molecular weight is 274 g/mol. The predicted octanol–water partition coefficient (Wildman–Crippen LogP) is 2.27. The summed E-state index contributed by atoms with van der Waals surface area (Å²) in [5.41, 5.74) is -0.00581. The highest BCUT2D eigenvalue weighted by Gasteiger charge is 2.29. The smallest absolute Gasteiger partial charge is 0.341 e. The molecule has 0 heterocycles. The van der Waals surface area contributed by atoms with E-state index in [1.807, 2.05) is 0 Å². The number of halogens is 3. The highest BCUT2D eigenvalue weighted by atomic mass is 19.4. The third kappa shape index (κ3) is 4.90. The van der Waals surface area contributed by atoms with E-state index < -0.39 is 11.7 Å². The van der Waals surface area contributed by atoms with Crippen molar-refractivity contribution in [3.8, 4) is 0 Å². The number of alkyl halides is 3. The second kappa shape index (κ2) is 6.56. The Kier molecular flexibility index (Phi) is 5.35. The summed E-state index contributed by atoms with van der Waals surface area (Å²) in [5, 5.41) is 2.87. The lowest BCUT2D eigenvalue weighted by atomic mass is 10.1. The fourth-order valence-corrected chi connectivity index (χ4v) is 1.58. The second-order valence-electron chi connectivity index (χ2n) is 4.30. The molecule has 106 valence electrons. The van der Waals surface area contributed by atoms with Crippen LogP contribution in [0.2, 0.25) is 0 Å². The summed E-state index contributed by atoms with van der Waals surface area (Å²) in [6, 6.07) is 4.85. The Bertz CT molecular complexity index is 415. The zero-order valence-electron chi connectivity index (χ0n) is 10.9. The molecular weight excluding hydrogens is 257 g/mol. The minimum Gasteiger partial charge on any atom is -0.341 e. The lowest BCUT2D eigenvalue weighted by molar-refractivity contribution is -0.137. The molecule has 0 spiro atoms. The van der Waals surface area contributed by atoms with E-state index >= 15 is 0 Å². The topological polar surface area (TPSA) is 32.3 Å². The Labute approximate surface area is 110 Å². The van der Waals surface area contributed by atoms with E-state index in [4.69, 9.17) is 0 Å². The zero-order chi connectivity index (χ0) is 14.5. The molecule has 0 bridgehead atoms. The average Bonchev–Trinajstić information content (AvgIpc) is 2.35. The summed E-state index contributed by atoms with van der Waals surface area (Å²) in [6.07, 6.45) is -3.96. The molecule has 1 aromatic carbocycles. The van der Waals surface area contributed by atoms with Crippen LogP contribution in [-0.4, -0.2) is 31.4 Å². The molecule has 6 heteroatoms. The van der Waals surface area contributed by atoms with Gasteiger partial charge in [0.15, 0.2) is 0 Å². The molecule has 0 aliphatic heterocycles. The molecule has 1 rings (SSSR count).